The van der Waals surface area contributed by atoms with Crippen molar-refractivity contribution in [1.82, 2.24) is 4.90 Å². The van der Waals surface area contributed by atoms with Crippen molar-refractivity contribution >= 4 is 34.7 Å². The number of amides is 2. The zero-order valence-electron chi connectivity index (χ0n) is 16.2. The lowest BCUT2D eigenvalue weighted by Gasteiger charge is -2.13. The Balaban J connectivity index is 1.80. The summed E-state index contributed by atoms with van der Waals surface area (Å²) in [6, 6.07) is 11.6. The number of carbonyl (C=O) groups is 2. The van der Waals surface area contributed by atoms with E-state index in [1.807, 2.05) is 18.2 Å². The van der Waals surface area contributed by atoms with E-state index in [1.165, 1.54) is 32.4 Å². The SMILES string of the molecule is COc1cc(/C=C2\SC(=O)N(CCOc3ccccc3)C2=O)c([N+](=O)[O-])cc1OC. The Labute approximate surface area is 176 Å². The number of para-hydroxylation sites is 1. The van der Waals surface area contributed by atoms with E-state index in [2.05, 4.69) is 0 Å². The van der Waals surface area contributed by atoms with Gasteiger partial charge >= 0.3 is 0 Å². The van der Waals surface area contributed by atoms with Crippen LogP contribution in [-0.2, 0) is 4.79 Å². The average Bonchev–Trinajstić information content (AvgIpc) is 3.01. The molecule has 1 aliphatic rings. The van der Waals surface area contributed by atoms with Crippen molar-refractivity contribution in [2.75, 3.05) is 27.4 Å². The molecule has 3 rings (SSSR count). The van der Waals surface area contributed by atoms with Crippen LogP contribution in [0.2, 0.25) is 0 Å². The second-order valence-electron chi connectivity index (χ2n) is 6.02. The molecule has 0 unspecified atom stereocenters. The largest absolute Gasteiger partial charge is 0.493 e. The number of rotatable bonds is 8. The van der Waals surface area contributed by atoms with Crippen LogP contribution in [0, 0.1) is 10.1 Å². The zero-order chi connectivity index (χ0) is 21.7. The van der Waals surface area contributed by atoms with E-state index in [0.29, 0.717) is 17.5 Å². The molecule has 0 aromatic heterocycles. The maximum absolute atomic E-state index is 12.7. The molecule has 0 saturated carbocycles. The van der Waals surface area contributed by atoms with Crippen molar-refractivity contribution in [3.8, 4) is 17.2 Å². The van der Waals surface area contributed by atoms with Crippen molar-refractivity contribution < 1.29 is 28.7 Å². The first kappa shape index (κ1) is 21.2. The number of hydrogen-bond acceptors (Lipinski definition) is 8. The maximum Gasteiger partial charge on any atom is 0.293 e. The number of methoxy groups -OCH3 is 2. The number of imide groups is 1. The normalized spacial score (nSPS) is 14.9. The molecular formula is C20H18N2O7S. The van der Waals surface area contributed by atoms with E-state index in [1.54, 1.807) is 12.1 Å². The third kappa shape index (κ3) is 4.54. The predicted molar refractivity (Wildman–Crippen MR) is 111 cm³/mol. The molecule has 0 bridgehead atoms. The summed E-state index contributed by atoms with van der Waals surface area (Å²) in [6.07, 6.45) is 1.31. The van der Waals surface area contributed by atoms with Gasteiger partial charge < -0.3 is 14.2 Å². The van der Waals surface area contributed by atoms with Gasteiger partial charge in [-0.15, -0.1) is 0 Å². The highest BCUT2D eigenvalue weighted by Crippen LogP contribution is 2.38. The number of nitro groups is 1. The van der Waals surface area contributed by atoms with E-state index in [-0.39, 0.29) is 40.8 Å². The monoisotopic (exact) mass is 430 g/mol. The molecule has 156 valence electrons. The molecule has 0 atom stereocenters. The fourth-order valence-corrected chi connectivity index (χ4v) is 3.62. The number of nitrogens with zero attached hydrogens (tertiary/aromatic N) is 2. The van der Waals surface area contributed by atoms with Gasteiger partial charge in [-0.3, -0.25) is 24.6 Å². The van der Waals surface area contributed by atoms with Gasteiger partial charge in [0, 0.05) is 0 Å². The van der Waals surface area contributed by atoms with Gasteiger partial charge in [0.05, 0.1) is 42.2 Å². The molecule has 1 saturated heterocycles. The Hall–Kier alpha value is -3.53. The van der Waals surface area contributed by atoms with E-state index in [0.717, 1.165) is 4.90 Å². The van der Waals surface area contributed by atoms with Gasteiger partial charge in [0.1, 0.15) is 12.4 Å². The van der Waals surface area contributed by atoms with E-state index in [4.69, 9.17) is 14.2 Å². The summed E-state index contributed by atoms with van der Waals surface area (Å²) in [5, 5.41) is 11.0. The third-order valence-electron chi connectivity index (χ3n) is 4.22. The Morgan fingerprint density at radius 3 is 2.40 bits per heavy atom. The van der Waals surface area contributed by atoms with Crippen molar-refractivity contribution in [1.29, 1.82) is 0 Å². The quantitative estimate of drug-likeness (QED) is 0.354. The van der Waals surface area contributed by atoms with Crippen LogP contribution in [-0.4, -0.2) is 48.3 Å². The summed E-state index contributed by atoms with van der Waals surface area (Å²) < 4.78 is 15.8. The van der Waals surface area contributed by atoms with Gasteiger partial charge in [-0.2, -0.15) is 0 Å². The summed E-state index contributed by atoms with van der Waals surface area (Å²) in [7, 11) is 2.76. The van der Waals surface area contributed by atoms with Crippen LogP contribution in [0.5, 0.6) is 17.2 Å². The summed E-state index contributed by atoms with van der Waals surface area (Å²) in [6.45, 7) is 0.191. The van der Waals surface area contributed by atoms with E-state index in [9.17, 15) is 19.7 Å². The van der Waals surface area contributed by atoms with Gasteiger partial charge in [0.2, 0.25) is 0 Å². The molecular weight excluding hydrogens is 412 g/mol. The van der Waals surface area contributed by atoms with Crippen molar-refractivity contribution in [2.45, 2.75) is 0 Å². The predicted octanol–water partition coefficient (Wildman–Crippen LogP) is 3.73. The minimum Gasteiger partial charge on any atom is -0.493 e. The maximum atomic E-state index is 12.7. The molecule has 9 nitrogen and oxygen atoms in total. The van der Waals surface area contributed by atoms with Crippen LogP contribution in [0.4, 0.5) is 10.5 Å². The standard InChI is InChI=1S/C20H18N2O7S/c1-27-16-10-13(15(22(25)26)12-17(16)28-2)11-18-19(23)21(20(24)30-18)8-9-29-14-6-4-3-5-7-14/h3-7,10-12H,8-9H2,1-2H3/b18-11-. The van der Waals surface area contributed by atoms with Crippen LogP contribution in [0.25, 0.3) is 6.08 Å². The number of carbonyl (C=O) groups excluding carboxylic acids is 2. The molecule has 2 amide bonds. The molecule has 2 aromatic rings. The van der Waals surface area contributed by atoms with Crippen LogP contribution < -0.4 is 14.2 Å². The highest BCUT2D eigenvalue weighted by Gasteiger charge is 2.35. The number of hydrogen-bond donors (Lipinski definition) is 0. The number of ether oxygens (including phenoxy) is 3. The van der Waals surface area contributed by atoms with Crippen molar-refractivity contribution in [3.05, 3.63) is 63.0 Å². The smallest absolute Gasteiger partial charge is 0.293 e. The summed E-state index contributed by atoms with van der Waals surface area (Å²) in [5.74, 6) is 0.545. The molecule has 0 N–H and O–H groups in total. The number of thioether (sulfide) groups is 1. The highest BCUT2D eigenvalue weighted by atomic mass is 32.2. The second-order valence-corrected chi connectivity index (χ2v) is 7.01. The summed E-state index contributed by atoms with van der Waals surface area (Å²) in [4.78, 5) is 36.9. The Morgan fingerprint density at radius 1 is 1.10 bits per heavy atom. The van der Waals surface area contributed by atoms with E-state index < -0.39 is 16.1 Å². The highest BCUT2D eigenvalue weighted by molar-refractivity contribution is 8.18. The van der Waals surface area contributed by atoms with Crippen molar-refractivity contribution in [2.24, 2.45) is 0 Å². The van der Waals surface area contributed by atoms with Crippen LogP contribution in [0.1, 0.15) is 5.56 Å². The second kappa shape index (κ2) is 9.31. The molecule has 2 aromatic carbocycles. The first-order valence-corrected chi connectivity index (χ1v) is 9.60. The van der Waals surface area contributed by atoms with Gasteiger partial charge in [-0.1, -0.05) is 18.2 Å². The Bertz CT molecular complexity index is 1010. The molecule has 0 aliphatic carbocycles. The average molecular weight is 430 g/mol. The van der Waals surface area contributed by atoms with Gasteiger partial charge in [-0.25, -0.2) is 0 Å². The molecule has 0 spiro atoms. The molecule has 10 heteroatoms. The van der Waals surface area contributed by atoms with Crippen LogP contribution in [0.3, 0.4) is 0 Å². The number of nitro benzene ring substituents is 1. The third-order valence-corrected chi connectivity index (χ3v) is 5.12. The summed E-state index contributed by atoms with van der Waals surface area (Å²) in [5.41, 5.74) is -0.143. The van der Waals surface area contributed by atoms with Crippen LogP contribution >= 0.6 is 11.8 Å². The minimum absolute atomic E-state index is 0.0604. The first-order valence-electron chi connectivity index (χ1n) is 8.78. The molecule has 1 fully saturated rings. The Morgan fingerprint density at radius 2 is 1.77 bits per heavy atom. The van der Waals surface area contributed by atoms with Gasteiger partial charge in [-0.05, 0) is 36.0 Å². The topological polar surface area (TPSA) is 108 Å². The molecule has 1 heterocycles. The Kier molecular flexibility index (Phi) is 6.58. The lowest BCUT2D eigenvalue weighted by atomic mass is 10.1. The lowest BCUT2D eigenvalue weighted by Crippen LogP contribution is -2.32. The van der Waals surface area contributed by atoms with Crippen molar-refractivity contribution in [3.63, 3.8) is 0 Å². The fourth-order valence-electron chi connectivity index (χ4n) is 2.76. The minimum atomic E-state index is -0.592. The molecule has 30 heavy (non-hydrogen) atoms. The first-order chi connectivity index (χ1) is 14.4. The van der Waals surface area contributed by atoms with Crippen LogP contribution in [0.15, 0.2) is 47.4 Å². The zero-order valence-corrected chi connectivity index (χ0v) is 17.0. The fraction of sp³-hybridized carbons (Fsp3) is 0.200. The van der Waals surface area contributed by atoms with E-state index >= 15 is 0 Å². The number of benzene rings is 2. The lowest BCUT2D eigenvalue weighted by molar-refractivity contribution is -0.385. The van der Waals surface area contributed by atoms with Gasteiger partial charge in [0.15, 0.2) is 11.5 Å². The molecule has 1 aliphatic heterocycles. The van der Waals surface area contributed by atoms with Gasteiger partial charge in [0.25, 0.3) is 16.8 Å². The summed E-state index contributed by atoms with van der Waals surface area (Å²) >= 11 is 0.715. The molecule has 0 radical (unpaired) electrons.